The summed E-state index contributed by atoms with van der Waals surface area (Å²) in [5, 5.41) is 0.205. The van der Waals surface area contributed by atoms with E-state index in [2.05, 4.69) is 9.97 Å². The molecule has 0 aliphatic rings. The van der Waals surface area contributed by atoms with Crippen molar-refractivity contribution in [1.29, 1.82) is 0 Å². The minimum atomic E-state index is -0.231. The summed E-state index contributed by atoms with van der Waals surface area (Å²) in [7, 11) is 1.66. The summed E-state index contributed by atoms with van der Waals surface area (Å²) < 4.78 is 10.7. The standard InChI is InChI=1S/C10H16ClN3O2/c1-10(2,15-3)4-5-16-9-7(12)8(11)13-6-14-9/h6H,4-5,12H2,1-3H3. The molecule has 0 aliphatic heterocycles. The fraction of sp³-hybridized carbons (Fsp3) is 0.600. The molecule has 0 saturated heterocycles. The second-order valence-electron chi connectivity index (χ2n) is 3.95. The SMILES string of the molecule is COC(C)(C)CCOc1ncnc(Cl)c1N. The van der Waals surface area contributed by atoms with Gasteiger partial charge in [-0.1, -0.05) is 11.6 Å². The van der Waals surface area contributed by atoms with Crippen LogP contribution in [0.5, 0.6) is 5.88 Å². The van der Waals surface area contributed by atoms with E-state index >= 15 is 0 Å². The molecule has 2 N–H and O–H groups in total. The largest absolute Gasteiger partial charge is 0.476 e. The lowest BCUT2D eigenvalue weighted by Gasteiger charge is -2.22. The van der Waals surface area contributed by atoms with Gasteiger partial charge in [-0.05, 0) is 13.8 Å². The minimum absolute atomic E-state index is 0.205. The Labute approximate surface area is 99.9 Å². The molecule has 90 valence electrons. The van der Waals surface area contributed by atoms with Crippen molar-refractivity contribution in [3.63, 3.8) is 0 Å². The highest BCUT2D eigenvalue weighted by Gasteiger charge is 2.17. The van der Waals surface area contributed by atoms with E-state index in [0.717, 1.165) is 6.42 Å². The lowest BCUT2D eigenvalue weighted by Crippen LogP contribution is -2.25. The Kier molecular flexibility index (Phi) is 4.32. The first-order valence-electron chi connectivity index (χ1n) is 4.90. The normalized spacial score (nSPS) is 11.5. The second-order valence-corrected chi connectivity index (χ2v) is 4.30. The van der Waals surface area contributed by atoms with Gasteiger partial charge in [-0.3, -0.25) is 0 Å². The zero-order chi connectivity index (χ0) is 12.2. The van der Waals surface area contributed by atoms with Crippen molar-refractivity contribution >= 4 is 17.3 Å². The maximum Gasteiger partial charge on any atom is 0.241 e. The molecule has 0 saturated carbocycles. The number of halogens is 1. The van der Waals surface area contributed by atoms with E-state index in [0.29, 0.717) is 12.5 Å². The van der Waals surface area contributed by atoms with Crippen LogP contribution in [-0.4, -0.2) is 29.3 Å². The highest BCUT2D eigenvalue weighted by molar-refractivity contribution is 6.32. The van der Waals surface area contributed by atoms with E-state index in [1.807, 2.05) is 13.8 Å². The van der Waals surface area contributed by atoms with Crippen LogP contribution in [0.3, 0.4) is 0 Å². The van der Waals surface area contributed by atoms with Gasteiger partial charge in [0.15, 0.2) is 5.15 Å². The van der Waals surface area contributed by atoms with Gasteiger partial charge in [0.2, 0.25) is 5.88 Å². The summed E-state index contributed by atoms with van der Waals surface area (Å²) >= 11 is 5.73. The van der Waals surface area contributed by atoms with Crippen LogP contribution >= 0.6 is 11.6 Å². The van der Waals surface area contributed by atoms with Crippen molar-refractivity contribution in [3.05, 3.63) is 11.5 Å². The Hall–Kier alpha value is -1.07. The van der Waals surface area contributed by atoms with E-state index in [1.165, 1.54) is 6.33 Å². The Balaban J connectivity index is 2.53. The summed E-state index contributed by atoms with van der Waals surface area (Å²) in [4.78, 5) is 7.64. The molecule has 16 heavy (non-hydrogen) atoms. The van der Waals surface area contributed by atoms with Crippen LogP contribution in [0.25, 0.3) is 0 Å². The van der Waals surface area contributed by atoms with Gasteiger partial charge in [-0.25, -0.2) is 4.98 Å². The fourth-order valence-electron chi connectivity index (χ4n) is 0.970. The number of nitrogens with zero attached hydrogens (tertiary/aromatic N) is 2. The summed E-state index contributed by atoms with van der Waals surface area (Å²) in [6.07, 6.45) is 2.04. The lowest BCUT2D eigenvalue weighted by molar-refractivity contribution is 0.00514. The second kappa shape index (κ2) is 5.32. The van der Waals surface area contributed by atoms with Crippen LogP contribution in [0, 0.1) is 0 Å². The molecule has 1 heterocycles. The van der Waals surface area contributed by atoms with E-state index in [9.17, 15) is 0 Å². The predicted molar refractivity (Wildman–Crippen MR) is 62.7 cm³/mol. The van der Waals surface area contributed by atoms with Gasteiger partial charge < -0.3 is 15.2 Å². The van der Waals surface area contributed by atoms with Crippen LogP contribution in [-0.2, 0) is 4.74 Å². The van der Waals surface area contributed by atoms with Crippen molar-refractivity contribution < 1.29 is 9.47 Å². The fourth-order valence-corrected chi connectivity index (χ4v) is 1.09. The highest BCUT2D eigenvalue weighted by atomic mass is 35.5. The van der Waals surface area contributed by atoms with Gasteiger partial charge in [0.05, 0.1) is 12.2 Å². The number of methoxy groups -OCH3 is 1. The molecule has 0 radical (unpaired) electrons. The maximum absolute atomic E-state index is 5.73. The predicted octanol–water partition coefficient (Wildman–Crippen LogP) is 1.91. The van der Waals surface area contributed by atoms with E-state index in [1.54, 1.807) is 7.11 Å². The average Bonchev–Trinajstić information content (AvgIpc) is 2.24. The summed E-state index contributed by atoms with van der Waals surface area (Å²) in [6.45, 7) is 4.41. The van der Waals surface area contributed by atoms with Gasteiger partial charge in [-0.2, -0.15) is 4.98 Å². The topological polar surface area (TPSA) is 70.3 Å². The van der Waals surface area contributed by atoms with Crippen molar-refractivity contribution in [3.8, 4) is 5.88 Å². The van der Waals surface area contributed by atoms with Crippen LogP contribution in [0.15, 0.2) is 6.33 Å². The minimum Gasteiger partial charge on any atom is -0.476 e. The molecule has 6 heteroatoms. The molecule has 1 rings (SSSR count). The Morgan fingerprint density at radius 3 is 2.75 bits per heavy atom. The van der Waals surface area contributed by atoms with Gasteiger partial charge in [0.1, 0.15) is 12.0 Å². The van der Waals surface area contributed by atoms with Crippen LogP contribution < -0.4 is 10.5 Å². The number of anilines is 1. The van der Waals surface area contributed by atoms with E-state index in [4.69, 9.17) is 26.8 Å². The van der Waals surface area contributed by atoms with E-state index in [-0.39, 0.29) is 16.4 Å². The van der Waals surface area contributed by atoms with Crippen molar-refractivity contribution in [2.24, 2.45) is 0 Å². The number of nitrogen functional groups attached to an aromatic ring is 1. The number of ether oxygens (including phenoxy) is 2. The van der Waals surface area contributed by atoms with Crippen LogP contribution in [0.2, 0.25) is 5.15 Å². The van der Waals surface area contributed by atoms with Gasteiger partial charge >= 0.3 is 0 Å². The molecule has 0 unspecified atom stereocenters. The number of nitrogens with two attached hydrogens (primary N) is 1. The molecule has 0 aromatic carbocycles. The third-order valence-corrected chi connectivity index (χ3v) is 2.60. The van der Waals surface area contributed by atoms with Gasteiger partial charge in [-0.15, -0.1) is 0 Å². The summed E-state index contributed by atoms with van der Waals surface area (Å²) in [5.74, 6) is 0.312. The molecule has 0 amide bonds. The van der Waals surface area contributed by atoms with Crippen molar-refractivity contribution in [1.82, 2.24) is 9.97 Å². The third-order valence-electron chi connectivity index (χ3n) is 2.29. The molecule has 1 aromatic heterocycles. The third kappa shape index (κ3) is 3.50. The first-order chi connectivity index (χ1) is 7.46. The van der Waals surface area contributed by atoms with Gasteiger partial charge in [0.25, 0.3) is 0 Å². The average molecular weight is 246 g/mol. The van der Waals surface area contributed by atoms with E-state index < -0.39 is 0 Å². The first kappa shape index (κ1) is 13.0. The molecule has 0 bridgehead atoms. The zero-order valence-electron chi connectivity index (χ0n) is 9.66. The lowest BCUT2D eigenvalue weighted by atomic mass is 10.1. The van der Waals surface area contributed by atoms with Crippen LogP contribution in [0.1, 0.15) is 20.3 Å². The number of rotatable bonds is 5. The maximum atomic E-state index is 5.73. The molecule has 0 atom stereocenters. The highest BCUT2D eigenvalue weighted by Crippen LogP contribution is 2.24. The summed E-state index contributed by atoms with van der Waals surface area (Å²) in [5.41, 5.74) is 5.68. The number of hydrogen-bond donors (Lipinski definition) is 1. The first-order valence-corrected chi connectivity index (χ1v) is 5.28. The molecule has 1 aromatic rings. The number of hydrogen-bond acceptors (Lipinski definition) is 5. The molecule has 0 spiro atoms. The Morgan fingerprint density at radius 2 is 2.12 bits per heavy atom. The number of aromatic nitrogens is 2. The Morgan fingerprint density at radius 1 is 1.44 bits per heavy atom. The molecule has 5 nitrogen and oxygen atoms in total. The van der Waals surface area contributed by atoms with Crippen LogP contribution in [0.4, 0.5) is 5.69 Å². The van der Waals surface area contributed by atoms with Crippen molar-refractivity contribution in [2.75, 3.05) is 19.5 Å². The molecular weight excluding hydrogens is 230 g/mol. The quantitative estimate of drug-likeness (QED) is 0.803. The molecule has 0 fully saturated rings. The monoisotopic (exact) mass is 245 g/mol. The summed E-state index contributed by atoms with van der Waals surface area (Å²) in [6, 6.07) is 0. The molecule has 0 aliphatic carbocycles. The van der Waals surface area contributed by atoms with Crippen molar-refractivity contribution in [2.45, 2.75) is 25.9 Å². The zero-order valence-corrected chi connectivity index (χ0v) is 10.4. The molecular formula is C10H16ClN3O2. The smallest absolute Gasteiger partial charge is 0.241 e. The Bertz CT molecular complexity index is 358. The van der Waals surface area contributed by atoms with Gasteiger partial charge in [0, 0.05) is 13.5 Å².